The van der Waals surface area contributed by atoms with E-state index in [4.69, 9.17) is 10.3 Å². The average molecular weight is 217 g/mol. The number of carbonyl (C=O) groups excluding carboxylic acids is 1. The first-order chi connectivity index (χ1) is 7.72. The maximum Gasteiger partial charge on any atom is 0.287 e. The van der Waals surface area contributed by atoms with Crippen molar-refractivity contribution < 1.29 is 9.21 Å². The molecule has 0 fully saturated rings. The molecule has 82 valence electrons. The van der Waals surface area contributed by atoms with Crippen molar-refractivity contribution in [1.82, 2.24) is 10.4 Å². The van der Waals surface area contributed by atoms with Gasteiger partial charge in [-0.3, -0.25) is 10.2 Å². The fourth-order valence-corrected chi connectivity index (χ4v) is 1.38. The lowest BCUT2D eigenvalue weighted by Gasteiger charge is -1.92. The summed E-state index contributed by atoms with van der Waals surface area (Å²) in [6.07, 6.45) is 0. The van der Waals surface area contributed by atoms with Crippen molar-refractivity contribution in [3.63, 3.8) is 0 Å². The Morgan fingerprint density at radius 1 is 1.38 bits per heavy atom. The van der Waals surface area contributed by atoms with E-state index >= 15 is 0 Å². The molecule has 5 nitrogen and oxygen atoms in total. The summed E-state index contributed by atoms with van der Waals surface area (Å²) in [7, 11) is 0. The Hall–Kier alpha value is -2.14. The van der Waals surface area contributed by atoms with Gasteiger partial charge in [0.2, 0.25) is 5.89 Å². The molecule has 0 aliphatic heterocycles. The summed E-state index contributed by atoms with van der Waals surface area (Å²) in [5.41, 5.74) is 3.06. The van der Waals surface area contributed by atoms with E-state index < -0.39 is 5.91 Å². The Balaban J connectivity index is 2.42. The fourth-order valence-electron chi connectivity index (χ4n) is 1.38. The molecule has 2 aromatic rings. The van der Waals surface area contributed by atoms with E-state index in [1.54, 1.807) is 6.92 Å². The molecule has 0 saturated heterocycles. The molecule has 0 aliphatic carbocycles. The van der Waals surface area contributed by atoms with Crippen LogP contribution in [0.3, 0.4) is 0 Å². The number of benzene rings is 1. The lowest BCUT2D eigenvalue weighted by Crippen LogP contribution is -2.30. The fraction of sp³-hybridized carbons (Fsp3) is 0.0909. The van der Waals surface area contributed by atoms with Gasteiger partial charge in [0.1, 0.15) is 5.76 Å². The van der Waals surface area contributed by atoms with Crippen LogP contribution in [0.4, 0.5) is 0 Å². The number of hydrogen-bond donors (Lipinski definition) is 2. The highest BCUT2D eigenvalue weighted by Crippen LogP contribution is 2.20. The monoisotopic (exact) mass is 217 g/mol. The summed E-state index contributed by atoms with van der Waals surface area (Å²) in [6, 6.07) is 9.35. The topological polar surface area (TPSA) is 81.2 Å². The molecule has 2 rings (SSSR count). The van der Waals surface area contributed by atoms with Gasteiger partial charge in [0.05, 0.1) is 0 Å². The van der Waals surface area contributed by atoms with Crippen LogP contribution in [0.25, 0.3) is 11.5 Å². The van der Waals surface area contributed by atoms with Crippen molar-refractivity contribution in [3.8, 4) is 11.5 Å². The third-order valence-electron chi connectivity index (χ3n) is 2.16. The Morgan fingerprint density at radius 2 is 2.06 bits per heavy atom. The van der Waals surface area contributed by atoms with Crippen molar-refractivity contribution in [2.24, 2.45) is 5.84 Å². The van der Waals surface area contributed by atoms with Crippen LogP contribution in [0.2, 0.25) is 0 Å². The molecule has 1 aromatic heterocycles. The minimum absolute atomic E-state index is 0.210. The van der Waals surface area contributed by atoms with E-state index in [9.17, 15) is 4.79 Å². The number of carbonyl (C=O) groups is 1. The largest absolute Gasteiger partial charge is 0.441 e. The average Bonchev–Trinajstić information content (AvgIpc) is 2.71. The molecular formula is C11H11N3O2. The molecule has 0 saturated carbocycles. The number of nitrogens with one attached hydrogen (secondary N) is 1. The molecule has 16 heavy (non-hydrogen) atoms. The second kappa shape index (κ2) is 4.16. The van der Waals surface area contributed by atoms with Gasteiger partial charge in [-0.25, -0.2) is 10.8 Å². The number of rotatable bonds is 2. The zero-order valence-corrected chi connectivity index (χ0v) is 8.73. The van der Waals surface area contributed by atoms with Crippen LogP contribution in [0.1, 0.15) is 16.2 Å². The summed E-state index contributed by atoms with van der Waals surface area (Å²) in [6.45, 7) is 1.67. The number of nitrogens with two attached hydrogens (primary N) is 1. The zero-order valence-electron chi connectivity index (χ0n) is 8.73. The van der Waals surface area contributed by atoms with Gasteiger partial charge in [0.15, 0.2) is 5.69 Å². The quantitative estimate of drug-likeness (QED) is 0.450. The molecule has 1 aromatic carbocycles. The van der Waals surface area contributed by atoms with E-state index in [1.165, 1.54) is 0 Å². The zero-order chi connectivity index (χ0) is 11.5. The number of nitrogen functional groups attached to an aromatic ring is 1. The third kappa shape index (κ3) is 1.80. The minimum Gasteiger partial charge on any atom is -0.441 e. The predicted molar refractivity (Wildman–Crippen MR) is 58.3 cm³/mol. The summed E-state index contributed by atoms with van der Waals surface area (Å²) >= 11 is 0. The van der Waals surface area contributed by atoms with Gasteiger partial charge in [0.25, 0.3) is 5.91 Å². The van der Waals surface area contributed by atoms with Gasteiger partial charge in [-0.1, -0.05) is 18.2 Å². The van der Waals surface area contributed by atoms with E-state index in [0.717, 1.165) is 5.56 Å². The van der Waals surface area contributed by atoms with Crippen LogP contribution in [-0.4, -0.2) is 10.9 Å². The molecule has 3 N–H and O–H groups in total. The number of oxazole rings is 1. The lowest BCUT2D eigenvalue weighted by molar-refractivity contribution is 0.0948. The Bertz CT molecular complexity index is 505. The van der Waals surface area contributed by atoms with Crippen molar-refractivity contribution >= 4 is 5.91 Å². The number of nitrogens with zero attached hydrogens (tertiary/aromatic N) is 1. The highest BCUT2D eigenvalue weighted by atomic mass is 16.4. The third-order valence-corrected chi connectivity index (χ3v) is 2.16. The molecule has 0 atom stereocenters. The minimum atomic E-state index is -0.455. The number of hydrazine groups is 1. The second-order valence-corrected chi connectivity index (χ2v) is 3.26. The van der Waals surface area contributed by atoms with Crippen LogP contribution in [0.15, 0.2) is 34.7 Å². The Labute approximate surface area is 92.3 Å². The molecule has 0 unspecified atom stereocenters. The predicted octanol–water partition coefficient (Wildman–Crippen LogP) is 1.25. The molecule has 0 radical (unpaired) electrons. The van der Waals surface area contributed by atoms with Gasteiger partial charge in [0, 0.05) is 5.56 Å². The molecule has 0 spiro atoms. The van der Waals surface area contributed by atoms with Gasteiger partial charge >= 0.3 is 0 Å². The number of hydrogen-bond acceptors (Lipinski definition) is 4. The van der Waals surface area contributed by atoms with Crippen molar-refractivity contribution in [3.05, 3.63) is 41.8 Å². The first-order valence-corrected chi connectivity index (χ1v) is 4.76. The van der Waals surface area contributed by atoms with Gasteiger partial charge in [-0.15, -0.1) is 0 Å². The van der Waals surface area contributed by atoms with Crippen molar-refractivity contribution in [1.29, 1.82) is 0 Å². The molecule has 0 bridgehead atoms. The normalized spacial score (nSPS) is 10.1. The van der Waals surface area contributed by atoms with Gasteiger partial charge in [-0.05, 0) is 19.1 Å². The van der Waals surface area contributed by atoms with Crippen LogP contribution in [0, 0.1) is 6.92 Å². The molecule has 1 heterocycles. The second-order valence-electron chi connectivity index (χ2n) is 3.26. The summed E-state index contributed by atoms with van der Waals surface area (Å²) in [4.78, 5) is 15.4. The van der Waals surface area contributed by atoms with Gasteiger partial charge < -0.3 is 4.42 Å². The molecular weight excluding hydrogens is 206 g/mol. The van der Waals surface area contributed by atoms with Gasteiger partial charge in [-0.2, -0.15) is 0 Å². The highest BCUT2D eigenvalue weighted by Gasteiger charge is 2.16. The van der Waals surface area contributed by atoms with Crippen LogP contribution < -0.4 is 11.3 Å². The van der Waals surface area contributed by atoms with Crippen molar-refractivity contribution in [2.45, 2.75) is 6.92 Å². The van der Waals surface area contributed by atoms with Crippen molar-refractivity contribution in [2.75, 3.05) is 0 Å². The number of aromatic nitrogens is 1. The standard InChI is InChI=1S/C11H11N3O2/c1-7-9(10(15)14-12)13-11(16-7)8-5-3-2-4-6-8/h2-6H,12H2,1H3,(H,14,15). The van der Waals surface area contributed by atoms with E-state index in [0.29, 0.717) is 11.7 Å². The molecule has 0 aliphatic rings. The number of aryl methyl sites for hydroxylation is 1. The van der Waals surface area contributed by atoms with Crippen LogP contribution in [0.5, 0.6) is 0 Å². The highest BCUT2D eigenvalue weighted by molar-refractivity contribution is 5.93. The molecule has 1 amide bonds. The maximum absolute atomic E-state index is 11.3. The lowest BCUT2D eigenvalue weighted by atomic mass is 10.2. The first-order valence-electron chi connectivity index (χ1n) is 4.76. The van der Waals surface area contributed by atoms with E-state index in [2.05, 4.69) is 4.98 Å². The SMILES string of the molecule is Cc1oc(-c2ccccc2)nc1C(=O)NN. The Morgan fingerprint density at radius 3 is 2.69 bits per heavy atom. The Kier molecular flexibility index (Phi) is 2.70. The van der Waals surface area contributed by atoms with E-state index in [-0.39, 0.29) is 5.69 Å². The first kappa shape index (κ1) is 10.4. The van der Waals surface area contributed by atoms with Crippen LogP contribution >= 0.6 is 0 Å². The molecule has 5 heteroatoms. The van der Waals surface area contributed by atoms with Crippen LogP contribution in [-0.2, 0) is 0 Å². The summed E-state index contributed by atoms with van der Waals surface area (Å²) in [5, 5.41) is 0. The van der Waals surface area contributed by atoms with E-state index in [1.807, 2.05) is 35.8 Å². The number of amides is 1. The maximum atomic E-state index is 11.3. The summed E-state index contributed by atoms with van der Waals surface area (Å²) in [5.74, 6) is 5.44. The summed E-state index contributed by atoms with van der Waals surface area (Å²) < 4.78 is 5.40. The smallest absolute Gasteiger partial charge is 0.287 e.